The van der Waals surface area contributed by atoms with Gasteiger partial charge in [-0.3, -0.25) is 9.59 Å². The van der Waals surface area contributed by atoms with Crippen LogP contribution in [0.3, 0.4) is 0 Å². The average Bonchev–Trinajstić information content (AvgIpc) is 3.06. The highest BCUT2D eigenvalue weighted by Gasteiger charge is 2.36. The highest BCUT2D eigenvalue weighted by atomic mass is 16.5. The van der Waals surface area contributed by atoms with Gasteiger partial charge in [0.15, 0.2) is 5.43 Å². The maximum atomic E-state index is 13.3. The molecule has 30 heavy (non-hydrogen) atoms. The van der Waals surface area contributed by atoms with Gasteiger partial charge in [-0.05, 0) is 55.2 Å². The second kappa shape index (κ2) is 8.34. The van der Waals surface area contributed by atoms with E-state index < -0.39 is 6.04 Å². The van der Waals surface area contributed by atoms with E-state index in [1.54, 1.807) is 0 Å². The number of fused-ring (bicyclic) bond motifs is 2. The minimum absolute atomic E-state index is 0.112. The Bertz CT molecular complexity index is 1140. The van der Waals surface area contributed by atoms with Gasteiger partial charge in [-0.2, -0.15) is 0 Å². The number of unbranched alkanes of at least 4 members (excludes halogenated alkanes) is 3. The van der Waals surface area contributed by atoms with E-state index in [0.717, 1.165) is 28.9 Å². The molecule has 0 spiro atoms. The summed E-state index contributed by atoms with van der Waals surface area (Å²) in [5.41, 5.74) is 3.37. The van der Waals surface area contributed by atoms with Crippen LogP contribution in [0.5, 0.6) is 5.75 Å². The molecule has 1 atom stereocenters. The van der Waals surface area contributed by atoms with Crippen molar-refractivity contribution in [1.29, 1.82) is 0 Å². The topological polar surface area (TPSA) is 68.5 Å². The molecule has 0 radical (unpaired) electrons. The molecule has 1 unspecified atom stereocenters. The average molecular weight is 405 g/mol. The van der Waals surface area contributed by atoms with Crippen LogP contribution in [0, 0.1) is 13.8 Å². The third-order valence-electron chi connectivity index (χ3n) is 5.61. The molecule has 1 amide bonds. The van der Waals surface area contributed by atoms with Gasteiger partial charge in [0.05, 0.1) is 23.6 Å². The molecule has 2 aromatic carbocycles. The van der Waals surface area contributed by atoms with Crippen LogP contribution in [-0.2, 0) is 0 Å². The quantitative estimate of drug-likeness (QED) is 0.549. The monoisotopic (exact) mass is 405 g/mol. The Labute approximate surface area is 176 Å². The molecule has 1 N–H and O–H groups in total. The van der Waals surface area contributed by atoms with Crippen molar-refractivity contribution < 1.29 is 13.9 Å². The molecule has 1 aromatic heterocycles. The van der Waals surface area contributed by atoms with E-state index >= 15 is 0 Å². The van der Waals surface area contributed by atoms with Crippen molar-refractivity contribution in [2.45, 2.75) is 52.5 Å². The lowest BCUT2D eigenvalue weighted by molar-refractivity contribution is 0.0938. The number of carbonyl (C=O) groups excluding carboxylic acids is 1. The molecule has 3 aromatic rings. The predicted octanol–water partition coefficient (Wildman–Crippen LogP) is 5.20. The summed E-state index contributed by atoms with van der Waals surface area (Å²) in [5.74, 6) is 0.544. The van der Waals surface area contributed by atoms with Crippen LogP contribution in [0.25, 0.3) is 11.0 Å². The van der Waals surface area contributed by atoms with E-state index in [4.69, 9.17) is 9.15 Å². The maximum absolute atomic E-state index is 13.3. The maximum Gasteiger partial charge on any atom is 0.288 e. The third kappa shape index (κ3) is 3.72. The summed E-state index contributed by atoms with van der Waals surface area (Å²) in [6.07, 6.45) is 4.63. The zero-order valence-corrected chi connectivity index (χ0v) is 17.7. The fraction of sp³-hybridized carbons (Fsp3) is 0.360. The normalized spacial score (nSPS) is 15.3. The van der Waals surface area contributed by atoms with Crippen molar-refractivity contribution in [2.75, 3.05) is 6.61 Å². The van der Waals surface area contributed by atoms with Crippen LogP contribution in [0.4, 0.5) is 0 Å². The van der Waals surface area contributed by atoms with Crippen LogP contribution in [0.2, 0.25) is 0 Å². The summed E-state index contributed by atoms with van der Waals surface area (Å²) in [6, 6.07) is 10.8. The van der Waals surface area contributed by atoms with Gasteiger partial charge in [0, 0.05) is 0 Å². The molecule has 5 nitrogen and oxygen atoms in total. The minimum Gasteiger partial charge on any atom is -0.494 e. The van der Waals surface area contributed by atoms with Crippen molar-refractivity contribution in [3.8, 4) is 5.75 Å². The van der Waals surface area contributed by atoms with Crippen LogP contribution in [-0.4, -0.2) is 12.5 Å². The van der Waals surface area contributed by atoms with Gasteiger partial charge in [-0.1, -0.05) is 44.4 Å². The number of benzene rings is 2. The first-order chi connectivity index (χ1) is 14.5. The summed E-state index contributed by atoms with van der Waals surface area (Å²) >= 11 is 0. The van der Waals surface area contributed by atoms with Gasteiger partial charge >= 0.3 is 0 Å². The largest absolute Gasteiger partial charge is 0.494 e. The van der Waals surface area contributed by atoms with Crippen molar-refractivity contribution in [3.05, 3.63) is 74.6 Å². The molecule has 1 aliphatic heterocycles. The lowest BCUT2D eigenvalue weighted by atomic mass is 9.98. The summed E-state index contributed by atoms with van der Waals surface area (Å²) in [7, 11) is 0. The molecule has 0 bridgehead atoms. The minimum atomic E-state index is -0.521. The highest BCUT2D eigenvalue weighted by molar-refractivity contribution is 5.99. The lowest BCUT2D eigenvalue weighted by Crippen LogP contribution is -2.21. The Morgan fingerprint density at radius 1 is 1.03 bits per heavy atom. The number of amides is 1. The van der Waals surface area contributed by atoms with Crippen molar-refractivity contribution in [2.24, 2.45) is 0 Å². The number of hydrogen-bond acceptors (Lipinski definition) is 4. The van der Waals surface area contributed by atoms with Crippen molar-refractivity contribution >= 4 is 16.9 Å². The summed E-state index contributed by atoms with van der Waals surface area (Å²) in [4.78, 5) is 25.8. The van der Waals surface area contributed by atoms with Crippen molar-refractivity contribution in [1.82, 2.24) is 5.32 Å². The lowest BCUT2D eigenvalue weighted by Gasteiger charge is -2.13. The van der Waals surface area contributed by atoms with E-state index in [1.165, 1.54) is 19.3 Å². The van der Waals surface area contributed by atoms with Gasteiger partial charge in [0.25, 0.3) is 5.91 Å². The third-order valence-corrected chi connectivity index (χ3v) is 5.61. The molecule has 1 aliphatic rings. The number of nitrogens with one attached hydrogen (secondary N) is 1. The molecule has 156 valence electrons. The van der Waals surface area contributed by atoms with Crippen LogP contribution < -0.4 is 15.5 Å². The second-order valence-electron chi connectivity index (χ2n) is 8.02. The van der Waals surface area contributed by atoms with Gasteiger partial charge in [-0.15, -0.1) is 0 Å². The Kier molecular flexibility index (Phi) is 5.62. The van der Waals surface area contributed by atoms with E-state index in [0.29, 0.717) is 23.1 Å². The Balaban J connectivity index is 1.63. The second-order valence-corrected chi connectivity index (χ2v) is 8.02. The zero-order valence-electron chi connectivity index (χ0n) is 17.7. The van der Waals surface area contributed by atoms with Crippen LogP contribution in [0.1, 0.15) is 71.5 Å². The van der Waals surface area contributed by atoms with Crippen LogP contribution >= 0.6 is 0 Å². The molecule has 2 heterocycles. The molecule has 0 aliphatic carbocycles. The number of hydrogen-bond donors (Lipinski definition) is 1. The molecule has 0 saturated heterocycles. The van der Waals surface area contributed by atoms with Gasteiger partial charge in [0.1, 0.15) is 11.3 Å². The Morgan fingerprint density at radius 3 is 2.53 bits per heavy atom. The van der Waals surface area contributed by atoms with Gasteiger partial charge in [0.2, 0.25) is 5.76 Å². The Morgan fingerprint density at radius 2 is 1.80 bits per heavy atom. The SMILES string of the molecule is CCCCCCOc1ccc(C2NC(=O)c3oc4c(C)cc(C)cc4c(=O)c32)cc1. The van der Waals surface area contributed by atoms with E-state index in [9.17, 15) is 9.59 Å². The Hall–Kier alpha value is -3.08. The first-order valence-electron chi connectivity index (χ1n) is 10.6. The summed E-state index contributed by atoms with van der Waals surface area (Å²) in [6.45, 7) is 6.71. The first kappa shape index (κ1) is 20.2. The first-order valence-corrected chi connectivity index (χ1v) is 10.6. The number of carbonyl (C=O) groups is 1. The number of aryl methyl sites for hydroxylation is 2. The van der Waals surface area contributed by atoms with Crippen LogP contribution in [0.15, 0.2) is 45.6 Å². The summed E-state index contributed by atoms with van der Waals surface area (Å²) < 4.78 is 11.7. The predicted molar refractivity (Wildman–Crippen MR) is 117 cm³/mol. The molecule has 0 saturated carbocycles. The van der Waals surface area contributed by atoms with Gasteiger partial charge in [-0.25, -0.2) is 0 Å². The molecule has 4 rings (SSSR count). The standard InChI is InChI=1S/C25H27NO4/c1-4-5-6-7-12-29-18-10-8-17(9-11-18)21-20-22(27)19-14-15(2)13-16(3)23(19)30-24(20)25(28)26-21/h8-11,13-14,21H,4-7,12H2,1-3H3,(H,26,28). The van der Waals surface area contributed by atoms with E-state index in [2.05, 4.69) is 12.2 Å². The fourth-order valence-electron chi connectivity index (χ4n) is 4.09. The number of ether oxygens (including phenoxy) is 1. The molecule has 0 fully saturated rings. The fourth-order valence-corrected chi connectivity index (χ4v) is 4.09. The van der Waals surface area contributed by atoms with E-state index in [-0.39, 0.29) is 17.1 Å². The number of rotatable bonds is 7. The molecular weight excluding hydrogens is 378 g/mol. The smallest absolute Gasteiger partial charge is 0.288 e. The molecular formula is C25H27NO4. The zero-order chi connectivity index (χ0) is 21.3. The summed E-state index contributed by atoms with van der Waals surface area (Å²) in [5, 5.41) is 3.41. The van der Waals surface area contributed by atoms with Gasteiger partial charge < -0.3 is 14.5 Å². The van der Waals surface area contributed by atoms with E-state index in [1.807, 2.05) is 50.2 Å². The molecule has 5 heteroatoms. The highest BCUT2D eigenvalue weighted by Crippen LogP contribution is 2.32. The van der Waals surface area contributed by atoms with Crippen molar-refractivity contribution in [3.63, 3.8) is 0 Å².